The topological polar surface area (TPSA) is 75.7 Å². The summed E-state index contributed by atoms with van der Waals surface area (Å²) in [5, 5.41) is 2.92. The predicted octanol–water partition coefficient (Wildman–Crippen LogP) is 3.86. The maximum atomic E-state index is 12.7. The Morgan fingerprint density at radius 1 is 1.10 bits per heavy atom. The molecule has 1 heterocycles. The molecule has 7 heteroatoms. The Labute approximate surface area is 185 Å². The molecule has 0 atom stereocenters. The normalized spacial score (nSPS) is 15.4. The first kappa shape index (κ1) is 23.0. The van der Waals surface area contributed by atoms with Gasteiger partial charge in [0.2, 0.25) is 15.9 Å². The summed E-state index contributed by atoms with van der Waals surface area (Å²) in [5.74, 6) is 0.594. The van der Waals surface area contributed by atoms with E-state index in [1.807, 2.05) is 30.3 Å². The number of carbonyl (C=O) groups is 1. The minimum Gasteiger partial charge on any atom is -0.490 e. The third kappa shape index (κ3) is 6.94. The molecule has 0 spiro atoms. The van der Waals surface area contributed by atoms with Crippen LogP contribution in [0.15, 0.2) is 67.3 Å². The number of anilines is 1. The van der Waals surface area contributed by atoms with Crippen molar-refractivity contribution in [2.75, 3.05) is 30.8 Å². The first-order chi connectivity index (χ1) is 15.0. The summed E-state index contributed by atoms with van der Waals surface area (Å²) in [6, 6.07) is 17.1. The van der Waals surface area contributed by atoms with Crippen LogP contribution in [-0.4, -0.2) is 44.1 Å². The van der Waals surface area contributed by atoms with Gasteiger partial charge in [-0.25, -0.2) is 12.7 Å². The van der Waals surface area contributed by atoms with E-state index < -0.39 is 10.0 Å². The van der Waals surface area contributed by atoms with Crippen molar-refractivity contribution in [2.24, 2.45) is 5.92 Å². The molecule has 1 saturated heterocycles. The highest BCUT2D eigenvalue weighted by Gasteiger charge is 2.30. The summed E-state index contributed by atoms with van der Waals surface area (Å²) < 4.78 is 32.3. The highest BCUT2D eigenvalue weighted by Crippen LogP contribution is 2.23. The van der Waals surface area contributed by atoms with Gasteiger partial charge in [-0.3, -0.25) is 4.79 Å². The van der Waals surface area contributed by atoms with Crippen molar-refractivity contribution in [3.05, 3.63) is 72.8 Å². The number of ether oxygens (including phenoxy) is 1. The number of benzene rings is 2. The van der Waals surface area contributed by atoms with Crippen LogP contribution in [0.5, 0.6) is 5.75 Å². The van der Waals surface area contributed by atoms with Gasteiger partial charge in [-0.05, 0) is 55.5 Å². The Bertz CT molecular complexity index is 951. The largest absolute Gasteiger partial charge is 0.490 e. The molecule has 31 heavy (non-hydrogen) atoms. The maximum Gasteiger partial charge on any atom is 0.227 e. The fourth-order valence-electron chi connectivity index (χ4n) is 3.66. The smallest absolute Gasteiger partial charge is 0.227 e. The fourth-order valence-corrected chi connectivity index (χ4v) is 5.20. The van der Waals surface area contributed by atoms with Crippen LogP contribution in [-0.2, 0) is 21.2 Å². The summed E-state index contributed by atoms with van der Waals surface area (Å²) in [6.07, 6.45) is 4.08. The van der Waals surface area contributed by atoms with Crippen LogP contribution < -0.4 is 10.1 Å². The quantitative estimate of drug-likeness (QED) is 0.567. The van der Waals surface area contributed by atoms with Gasteiger partial charge in [0.05, 0.1) is 5.75 Å². The number of amides is 1. The van der Waals surface area contributed by atoms with E-state index in [-0.39, 0.29) is 17.6 Å². The van der Waals surface area contributed by atoms with Gasteiger partial charge in [-0.2, -0.15) is 0 Å². The molecule has 2 aromatic rings. The van der Waals surface area contributed by atoms with Crippen LogP contribution in [0.4, 0.5) is 5.69 Å². The second-order valence-corrected chi connectivity index (χ2v) is 9.78. The average molecular weight is 443 g/mol. The third-order valence-electron chi connectivity index (χ3n) is 5.42. The molecule has 1 aliphatic rings. The lowest BCUT2D eigenvalue weighted by Gasteiger charge is -2.30. The van der Waals surface area contributed by atoms with E-state index in [0.717, 1.165) is 12.0 Å². The molecular formula is C24H30N2O4S. The van der Waals surface area contributed by atoms with E-state index in [1.165, 1.54) is 4.31 Å². The highest BCUT2D eigenvalue weighted by molar-refractivity contribution is 7.89. The van der Waals surface area contributed by atoms with Crippen molar-refractivity contribution in [1.29, 1.82) is 0 Å². The van der Waals surface area contributed by atoms with Gasteiger partial charge >= 0.3 is 0 Å². The van der Waals surface area contributed by atoms with Crippen molar-refractivity contribution in [1.82, 2.24) is 4.31 Å². The lowest BCUT2D eigenvalue weighted by atomic mass is 9.97. The second-order valence-electron chi connectivity index (χ2n) is 7.69. The number of hydrogen-bond donors (Lipinski definition) is 1. The standard InChI is InChI=1S/C24H30N2O4S/c1-2-18-30-23-12-10-22(11-13-23)25-24(27)21-14-16-26(17-15-21)31(28,29)19-6-9-20-7-4-3-5-8-20/h2-5,7-8,10-13,21H,1,6,9,14-19H2,(H,25,27). The van der Waals surface area contributed by atoms with Crippen molar-refractivity contribution < 1.29 is 17.9 Å². The monoisotopic (exact) mass is 442 g/mol. The summed E-state index contributed by atoms with van der Waals surface area (Å²) in [5.41, 5.74) is 1.85. The van der Waals surface area contributed by atoms with Gasteiger partial charge in [0, 0.05) is 24.7 Å². The van der Waals surface area contributed by atoms with Gasteiger partial charge in [0.15, 0.2) is 0 Å². The molecule has 3 rings (SSSR count). The van der Waals surface area contributed by atoms with E-state index in [1.54, 1.807) is 30.3 Å². The SMILES string of the molecule is C=CCOc1ccc(NC(=O)C2CCN(S(=O)(=O)CCCc3ccccc3)CC2)cc1. The summed E-state index contributed by atoms with van der Waals surface area (Å²) in [7, 11) is -3.29. The van der Waals surface area contributed by atoms with E-state index in [9.17, 15) is 13.2 Å². The lowest BCUT2D eigenvalue weighted by molar-refractivity contribution is -0.120. The molecule has 0 unspecified atom stereocenters. The maximum absolute atomic E-state index is 12.7. The number of rotatable bonds is 10. The van der Waals surface area contributed by atoms with Crippen LogP contribution >= 0.6 is 0 Å². The molecule has 1 amide bonds. The minimum absolute atomic E-state index is 0.0686. The van der Waals surface area contributed by atoms with E-state index in [0.29, 0.717) is 50.4 Å². The van der Waals surface area contributed by atoms with Crippen molar-refractivity contribution in [3.8, 4) is 5.75 Å². The summed E-state index contributed by atoms with van der Waals surface area (Å²) >= 11 is 0. The number of aryl methyl sites for hydroxylation is 1. The first-order valence-corrected chi connectivity index (χ1v) is 12.3. The fraction of sp³-hybridized carbons (Fsp3) is 0.375. The van der Waals surface area contributed by atoms with Gasteiger partial charge in [-0.15, -0.1) is 0 Å². The number of hydrogen-bond acceptors (Lipinski definition) is 4. The Morgan fingerprint density at radius 3 is 2.42 bits per heavy atom. The lowest BCUT2D eigenvalue weighted by Crippen LogP contribution is -2.42. The highest BCUT2D eigenvalue weighted by atomic mass is 32.2. The molecule has 0 aromatic heterocycles. The van der Waals surface area contributed by atoms with E-state index >= 15 is 0 Å². The Morgan fingerprint density at radius 2 is 1.77 bits per heavy atom. The van der Waals surface area contributed by atoms with Crippen LogP contribution in [0.3, 0.4) is 0 Å². The molecule has 1 N–H and O–H groups in total. The Kier molecular flexibility index (Phi) is 8.26. The molecular weight excluding hydrogens is 412 g/mol. The zero-order valence-electron chi connectivity index (χ0n) is 17.7. The van der Waals surface area contributed by atoms with Gasteiger partial charge in [0.1, 0.15) is 12.4 Å². The van der Waals surface area contributed by atoms with Gasteiger partial charge in [0.25, 0.3) is 0 Å². The van der Waals surface area contributed by atoms with Crippen LogP contribution in [0.2, 0.25) is 0 Å². The number of piperidine rings is 1. The van der Waals surface area contributed by atoms with Crippen LogP contribution in [0.1, 0.15) is 24.8 Å². The van der Waals surface area contributed by atoms with Crippen LogP contribution in [0, 0.1) is 5.92 Å². The average Bonchev–Trinajstić information content (AvgIpc) is 2.79. The number of sulfonamides is 1. The Balaban J connectivity index is 1.43. The molecule has 0 bridgehead atoms. The Hall–Kier alpha value is -2.64. The van der Waals surface area contributed by atoms with Crippen molar-refractivity contribution in [3.63, 3.8) is 0 Å². The molecule has 2 aromatic carbocycles. The van der Waals surface area contributed by atoms with Crippen molar-refractivity contribution >= 4 is 21.6 Å². The zero-order valence-corrected chi connectivity index (χ0v) is 18.5. The van der Waals surface area contributed by atoms with E-state index in [4.69, 9.17) is 4.74 Å². The molecule has 0 aliphatic carbocycles. The summed E-state index contributed by atoms with van der Waals surface area (Å²) in [6.45, 7) is 4.82. The second kappa shape index (κ2) is 11.1. The van der Waals surface area contributed by atoms with Crippen LogP contribution in [0.25, 0.3) is 0 Å². The van der Waals surface area contributed by atoms with Gasteiger partial charge < -0.3 is 10.1 Å². The third-order valence-corrected chi connectivity index (χ3v) is 7.37. The summed E-state index contributed by atoms with van der Waals surface area (Å²) in [4.78, 5) is 12.6. The molecule has 0 saturated carbocycles. The first-order valence-electron chi connectivity index (χ1n) is 10.6. The number of nitrogens with zero attached hydrogens (tertiary/aromatic N) is 1. The molecule has 0 radical (unpaired) electrons. The zero-order chi connectivity index (χ0) is 22.1. The number of carbonyl (C=O) groups excluding carboxylic acids is 1. The minimum atomic E-state index is -3.29. The van der Waals surface area contributed by atoms with E-state index in [2.05, 4.69) is 11.9 Å². The molecule has 1 fully saturated rings. The van der Waals surface area contributed by atoms with Gasteiger partial charge in [-0.1, -0.05) is 43.0 Å². The molecule has 6 nitrogen and oxygen atoms in total. The number of nitrogens with one attached hydrogen (secondary N) is 1. The molecule has 166 valence electrons. The predicted molar refractivity (Wildman–Crippen MR) is 124 cm³/mol. The van der Waals surface area contributed by atoms with Crippen molar-refractivity contribution in [2.45, 2.75) is 25.7 Å². The molecule has 1 aliphatic heterocycles.